The number of ketones is 2. The molecule has 0 aromatic heterocycles. The second-order valence-electron chi connectivity index (χ2n) is 15.1. The van der Waals surface area contributed by atoms with Crippen LogP contribution in [-0.2, 0) is 23.9 Å². The number of nitrogens with zero attached hydrogens (tertiary/aromatic N) is 1. The summed E-state index contributed by atoms with van der Waals surface area (Å²) in [5.74, 6) is -0.244. The van der Waals surface area contributed by atoms with Crippen molar-refractivity contribution in [3.63, 3.8) is 0 Å². The summed E-state index contributed by atoms with van der Waals surface area (Å²) in [5.41, 5.74) is -2.54. The largest absolute Gasteiger partial charge is 0.443 e. The quantitative estimate of drug-likeness (QED) is 0.540. The van der Waals surface area contributed by atoms with Crippen LogP contribution < -0.4 is 0 Å². The van der Waals surface area contributed by atoms with Gasteiger partial charge < -0.3 is 14.6 Å². The molecule has 0 amide bonds. The summed E-state index contributed by atoms with van der Waals surface area (Å²) in [7, 11) is 0. The van der Waals surface area contributed by atoms with Gasteiger partial charge in [0.05, 0.1) is 12.5 Å². The Labute approximate surface area is 219 Å². The average molecular weight is 512 g/mol. The first kappa shape index (κ1) is 23.6. The number of hydrogen-bond acceptors (Lipinski definition) is 7. The number of hydrogen-bond donors (Lipinski definition) is 1. The molecule has 5 aliphatic carbocycles. The van der Waals surface area contributed by atoms with Gasteiger partial charge in [0.1, 0.15) is 17.3 Å². The van der Waals surface area contributed by atoms with Crippen molar-refractivity contribution in [1.82, 2.24) is 4.90 Å². The molecule has 4 heterocycles. The molecular formula is C30H41NO6. The Kier molecular flexibility index (Phi) is 4.26. The predicted octanol–water partition coefficient (Wildman–Crippen LogP) is 3.32. The highest BCUT2D eigenvalue weighted by Gasteiger charge is 2.85. The van der Waals surface area contributed by atoms with E-state index >= 15 is 0 Å². The Morgan fingerprint density at radius 3 is 2.59 bits per heavy atom. The molecule has 13 atom stereocenters. The topological polar surface area (TPSA) is 93.1 Å². The minimum Gasteiger partial charge on any atom is -0.443 e. The lowest BCUT2D eigenvalue weighted by molar-refractivity contribution is -0.387. The van der Waals surface area contributed by atoms with Gasteiger partial charge in [-0.2, -0.15) is 0 Å². The number of esters is 1. The van der Waals surface area contributed by atoms with Gasteiger partial charge in [0.2, 0.25) is 0 Å². The summed E-state index contributed by atoms with van der Waals surface area (Å²) in [4.78, 5) is 44.2. The molecule has 7 nitrogen and oxygen atoms in total. The minimum atomic E-state index is -0.828. The van der Waals surface area contributed by atoms with Crippen molar-refractivity contribution < 1.29 is 29.0 Å². The van der Waals surface area contributed by atoms with Crippen LogP contribution >= 0.6 is 0 Å². The Morgan fingerprint density at radius 2 is 1.84 bits per heavy atom. The Balaban J connectivity index is 1.36. The third-order valence-electron chi connectivity index (χ3n) is 13.8. The van der Waals surface area contributed by atoms with E-state index in [4.69, 9.17) is 9.47 Å². The third kappa shape index (κ3) is 2.31. The van der Waals surface area contributed by atoms with Crippen molar-refractivity contribution in [2.45, 2.75) is 96.6 Å². The number of aliphatic hydroxyl groups is 1. The van der Waals surface area contributed by atoms with Crippen LogP contribution in [0.3, 0.4) is 0 Å². The second-order valence-corrected chi connectivity index (χ2v) is 15.1. The molecule has 7 heteroatoms. The van der Waals surface area contributed by atoms with Crippen molar-refractivity contribution in [2.75, 3.05) is 13.2 Å². The van der Waals surface area contributed by atoms with Crippen LogP contribution in [0.1, 0.15) is 79.1 Å². The summed E-state index contributed by atoms with van der Waals surface area (Å²) in [6, 6.07) is 0. The smallest absolute Gasteiger partial charge is 0.308 e. The number of ether oxygens (including phenoxy) is 2. The molecule has 4 aliphatic heterocycles. The van der Waals surface area contributed by atoms with Gasteiger partial charge in [0.15, 0.2) is 5.72 Å². The number of carbonyl (C=O) groups is 3. The van der Waals surface area contributed by atoms with E-state index in [1.165, 1.54) is 0 Å². The molecule has 9 aliphatic rings. The maximum atomic E-state index is 14.4. The number of carbonyl (C=O) groups excluding carboxylic acids is 3. The molecule has 37 heavy (non-hydrogen) atoms. The number of fused-ring (bicyclic) bond motifs is 3. The van der Waals surface area contributed by atoms with Crippen LogP contribution in [0, 0.1) is 57.7 Å². The van der Waals surface area contributed by atoms with Crippen LogP contribution in [0.4, 0.5) is 0 Å². The molecule has 1 N–H and O–H groups in total. The van der Waals surface area contributed by atoms with Crippen LogP contribution in [0.25, 0.3) is 0 Å². The highest BCUT2D eigenvalue weighted by Crippen LogP contribution is 2.80. The fraction of sp³-hybridized carbons (Fsp3) is 0.900. The van der Waals surface area contributed by atoms with Gasteiger partial charge in [-0.25, -0.2) is 4.90 Å². The molecule has 9 rings (SSSR count). The summed E-state index contributed by atoms with van der Waals surface area (Å²) in [5, 5.41) is 10.2. The van der Waals surface area contributed by atoms with Gasteiger partial charge in [-0.15, -0.1) is 0 Å². The van der Waals surface area contributed by atoms with E-state index < -0.39 is 16.9 Å². The van der Waals surface area contributed by atoms with Crippen LogP contribution in [0.2, 0.25) is 0 Å². The molecular weight excluding hydrogens is 470 g/mol. The molecule has 5 saturated carbocycles. The molecule has 202 valence electrons. The van der Waals surface area contributed by atoms with Crippen molar-refractivity contribution in [3.8, 4) is 0 Å². The monoisotopic (exact) mass is 511 g/mol. The molecule has 8 bridgehead atoms. The highest BCUT2D eigenvalue weighted by molar-refractivity contribution is 5.97. The van der Waals surface area contributed by atoms with Gasteiger partial charge in [-0.05, 0) is 67.1 Å². The lowest BCUT2D eigenvalue weighted by Crippen LogP contribution is -2.84. The van der Waals surface area contributed by atoms with E-state index in [0.717, 1.165) is 38.6 Å². The Morgan fingerprint density at radius 1 is 1.05 bits per heavy atom. The van der Waals surface area contributed by atoms with Crippen LogP contribution in [0.15, 0.2) is 0 Å². The predicted molar refractivity (Wildman–Crippen MR) is 132 cm³/mol. The van der Waals surface area contributed by atoms with Crippen molar-refractivity contribution in [2.24, 2.45) is 57.7 Å². The highest BCUT2D eigenvalue weighted by atomic mass is 16.6. The maximum absolute atomic E-state index is 14.4. The zero-order valence-electron chi connectivity index (χ0n) is 22.6. The van der Waals surface area contributed by atoms with Gasteiger partial charge in [-0.3, -0.25) is 14.4 Å². The lowest BCUT2D eigenvalue weighted by atomic mass is 9.29. The first-order chi connectivity index (χ1) is 17.5. The summed E-state index contributed by atoms with van der Waals surface area (Å²) < 4.78 is 13.5. The zero-order chi connectivity index (χ0) is 25.9. The molecule has 0 aromatic rings. The van der Waals surface area contributed by atoms with Gasteiger partial charge in [0, 0.05) is 48.7 Å². The number of Topliss-reactive ketones (excluding diaryl/α,β-unsaturated/α-hetero) is 2. The van der Waals surface area contributed by atoms with E-state index in [-0.39, 0.29) is 83.0 Å². The fourth-order valence-electron chi connectivity index (χ4n) is 12.5. The first-order valence-electron chi connectivity index (χ1n) is 14.8. The summed E-state index contributed by atoms with van der Waals surface area (Å²) in [6.07, 6.45) is 6.22. The third-order valence-corrected chi connectivity index (χ3v) is 13.8. The SMILES string of the molecule is C[C@H]1C[C@@H]2CN3[C@](CC[C@]4(C)[C@]35C[C@@]36CC7C(=O)[C@H]([C@H]3C[C@@H]7CO)[C@@H](C)C(=O)[C@@H]6[C@@]4(C)CC(=O)O5)(C1)O2. The number of aliphatic hydroxyl groups excluding tert-OH is 1. The molecule has 2 spiro atoms. The van der Waals surface area contributed by atoms with Crippen molar-refractivity contribution >= 4 is 17.5 Å². The van der Waals surface area contributed by atoms with Crippen LogP contribution in [-0.4, -0.2) is 58.2 Å². The van der Waals surface area contributed by atoms with Gasteiger partial charge >= 0.3 is 5.97 Å². The fourth-order valence-corrected chi connectivity index (χ4v) is 12.5. The minimum absolute atomic E-state index is 0.0192. The summed E-state index contributed by atoms with van der Waals surface area (Å²) in [6.45, 7) is 9.59. The molecule has 1 unspecified atom stereocenters. The van der Waals surface area contributed by atoms with E-state index in [1.807, 2.05) is 6.92 Å². The van der Waals surface area contributed by atoms with E-state index in [1.54, 1.807) is 0 Å². The molecule has 0 aromatic carbocycles. The summed E-state index contributed by atoms with van der Waals surface area (Å²) >= 11 is 0. The zero-order valence-corrected chi connectivity index (χ0v) is 22.6. The lowest BCUT2D eigenvalue weighted by Gasteiger charge is -2.79. The maximum Gasteiger partial charge on any atom is 0.308 e. The first-order valence-corrected chi connectivity index (χ1v) is 14.8. The molecule has 4 saturated heterocycles. The molecule has 0 radical (unpaired) electrons. The number of rotatable bonds is 1. The van der Waals surface area contributed by atoms with Crippen LogP contribution in [0.5, 0.6) is 0 Å². The normalized spacial score (nSPS) is 61.5. The van der Waals surface area contributed by atoms with E-state index in [9.17, 15) is 19.5 Å². The van der Waals surface area contributed by atoms with E-state index in [0.29, 0.717) is 18.8 Å². The second kappa shape index (κ2) is 6.69. The van der Waals surface area contributed by atoms with Gasteiger partial charge in [0.25, 0.3) is 0 Å². The average Bonchev–Trinajstić information content (AvgIpc) is 3.11. The number of piperidine rings is 1. The van der Waals surface area contributed by atoms with Crippen molar-refractivity contribution in [3.05, 3.63) is 0 Å². The standard InChI is InChI=1S/C30H41NO6/c1-15-7-18-12-31-29(9-15,36-18)6-5-27(4)26(3)11-21(33)37-30(27,31)14-28-10-19-17(13-32)8-20(28)22(24(19)35)16(2)23(34)25(26)28/h15-20,22,25,32H,5-14H2,1-4H3/t15-,16+,17+,18+,19?,20+,22-,25+,26+,27-,28-,29-,30+/m0/s1. The van der Waals surface area contributed by atoms with Crippen molar-refractivity contribution in [1.29, 1.82) is 0 Å². The van der Waals surface area contributed by atoms with Gasteiger partial charge in [-0.1, -0.05) is 27.7 Å². The Hall–Kier alpha value is -1.31. The Bertz CT molecular complexity index is 1140. The van der Waals surface area contributed by atoms with E-state index in [2.05, 4.69) is 25.7 Å². The molecule has 9 fully saturated rings.